The predicted octanol–water partition coefficient (Wildman–Crippen LogP) is 2.87. The lowest BCUT2D eigenvalue weighted by Crippen LogP contribution is -2.19. The smallest absolute Gasteiger partial charge is 0.250 e. The number of thioether (sulfide) groups is 1. The molecule has 7 heteroatoms. The third-order valence-electron chi connectivity index (χ3n) is 2.63. The molecule has 2 heterocycles. The minimum absolute atomic E-state index is 0.159. The maximum absolute atomic E-state index is 11.7. The van der Waals surface area contributed by atoms with Crippen LogP contribution in [0.5, 0.6) is 0 Å². The lowest BCUT2D eigenvalue weighted by Gasteiger charge is -1.97. The van der Waals surface area contributed by atoms with E-state index in [4.69, 9.17) is 0 Å². The van der Waals surface area contributed by atoms with Crippen LogP contribution in [0.15, 0.2) is 52.0 Å². The van der Waals surface area contributed by atoms with E-state index in [9.17, 15) is 4.79 Å². The Morgan fingerprint density at radius 2 is 2.29 bits per heavy atom. The maximum atomic E-state index is 11.7. The van der Waals surface area contributed by atoms with Crippen molar-refractivity contribution in [2.45, 2.75) is 5.16 Å². The van der Waals surface area contributed by atoms with E-state index in [0.29, 0.717) is 0 Å². The van der Waals surface area contributed by atoms with Gasteiger partial charge in [-0.15, -0.1) is 11.3 Å². The molecule has 0 unspecified atom stereocenters. The van der Waals surface area contributed by atoms with E-state index in [0.717, 1.165) is 21.1 Å². The van der Waals surface area contributed by atoms with Crippen LogP contribution in [0.3, 0.4) is 0 Å². The molecule has 21 heavy (non-hydrogen) atoms. The molecule has 1 amide bonds. The highest BCUT2D eigenvalue weighted by Gasteiger charge is 2.06. The molecule has 2 N–H and O–H groups in total. The van der Waals surface area contributed by atoms with Crippen molar-refractivity contribution in [3.63, 3.8) is 0 Å². The van der Waals surface area contributed by atoms with Crippen LogP contribution in [0.4, 0.5) is 0 Å². The molecule has 0 fully saturated rings. The van der Waals surface area contributed by atoms with Crippen LogP contribution >= 0.6 is 23.1 Å². The molecule has 0 spiro atoms. The van der Waals surface area contributed by atoms with E-state index in [-0.39, 0.29) is 11.7 Å². The third-order valence-corrected chi connectivity index (χ3v) is 4.31. The molecular weight excluding hydrogens is 304 g/mol. The number of hydrogen-bond acceptors (Lipinski definition) is 5. The zero-order chi connectivity index (χ0) is 14.5. The number of nitrogens with one attached hydrogen (secondary N) is 2. The van der Waals surface area contributed by atoms with Crippen molar-refractivity contribution in [2.75, 3.05) is 5.75 Å². The van der Waals surface area contributed by atoms with E-state index in [1.165, 1.54) is 11.8 Å². The van der Waals surface area contributed by atoms with Crippen molar-refractivity contribution in [2.24, 2.45) is 5.10 Å². The standard InChI is InChI=1S/C14H12N4OS2/c19-13(18-15-8-10-4-3-7-20-10)9-21-14-16-11-5-1-2-6-12(11)17-14/h1-8H,9H2,(H,16,17)(H,18,19). The van der Waals surface area contributed by atoms with E-state index in [2.05, 4.69) is 20.5 Å². The first kappa shape index (κ1) is 13.8. The molecule has 0 atom stereocenters. The Morgan fingerprint density at radius 3 is 3.10 bits per heavy atom. The second kappa shape index (κ2) is 6.55. The van der Waals surface area contributed by atoms with Crippen LogP contribution < -0.4 is 5.43 Å². The maximum Gasteiger partial charge on any atom is 0.250 e. The van der Waals surface area contributed by atoms with Gasteiger partial charge in [-0.1, -0.05) is 30.0 Å². The summed E-state index contributed by atoms with van der Waals surface area (Å²) in [6, 6.07) is 11.6. The van der Waals surface area contributed by atoms with Crippen LogP contribution in [-0.4, -0.2) is 27.8 Å². The highest BCUT2D eigenvalue weighted by atomic mass is 32.2. The zero-order valence-corrected chi connectivity index (χ0v) is 12.6. The Bertz CT molecular complexity index is 731. The van der Waals surface area contributed by atoms with Crippen molar-refractivity contribution in [3.05, 3.63) is 46.7 Å². The van der Waals surface area contributed by atoms with Gasteiger partial charge in [0.25, 0.3) is 5.91 Å². The number of carbonyl (C=O) groups excluding carboxylic acids is 1. The van der Waals surface area contributed by atoms with Gasteiger partial charge in [0.1, 0.15) is 0 Å². The van der Waals surface area contributed by atoms with Gasteiger partial charge in [-0.05, 0) is 23.6 Å². The Balaban J connectivity index is 1.51. The van der Waals surface area contributed by atoms with Gasteiger partial charge < -0.3 is 4.98 Å². The van der Waals surface area contributed by atoms with Crippen molar-refractivity contribution in [1.82, 2.24) is 15.4 Å². The lowest BCUT2D eigenvalue weighted by molar-refractivity contribution is -0.118. The fourth-order valence-corrected chi connectivity index (χ4v) is 2.96. The number of H-pyrrole nitrogens is 1. The number of carbonyl (C=O) groups is 1. The number of aromatic nitrogens is 2. The first-order valence-corrected chi connectivity index (χ1v) is 8.11. The largest absolute Gasteiger partial charge is 0.333 e. The number of rotatable bonds is 5. The quantitative estimate of drug-likeness (QED) is 0.432. The third kappa shape index (κ3) is 3.71. The summed E-state index contributed by atoms with van der Waals surface area (Å²) in [5, 5.41) is 6.60. The Hall–Kier alpha value is -2.12. The van der Waals surface area contributed by atoms with Gasteiger partial charge in [0.05, 0.1) is 23.0 Å². The van der Waals surface area contributed by atoms with Gasteiger partial charge in [0.2, 0.25) is 0 Å². The molecule has 3 aromatic rings. The summed E-state index contributed by atoms with van der Waals surface area (Å²) in [7, 11) is 0. The number of nitrogens with zero attached hydrogens (tertiary/aromatic N) is 2. The number of fused-ring (bicyclic) bond motifs is 1. The second-order valence-electron chi connectivity index (χ2n) is 4.16. The van der Waals surface area contributed by atoms with E-state index < -0.39 is 0 Å². The van der Waals surface area contributed by atoms with Crippen LogP contribution in [0.25, 0.3) is 11.0 Å². The molecule has 3 rings (SSSR count). The summed E-state index contributed by atoms with van der Waals surface area (Å²) in [5.74, 6) is 0.106. The Kier molecular flexibility index (Phi) is 4.32. The highest BCUT2D eigenvalue weighted by Crippen LogP contribution is 2.18. The van der Waals surface area contributed by atoms with E-state index in [1.54, 1.807) is 17.6 Å². The molecule has 1 aromatic carbocycles. The molecule has 0 bridgehead atoms. The van der Waals surface area contributed by atoms with Gasteiger partial charge in [-0.2, -0.15) is 5.10 Å². The summed E-state index contributed by atoms with van der Waals surface area (Å²) in [5.41, 5.74) is 4.37. The van der Waals surface area contributed by atoms with Gasteiger partial charge >= 0.3 is 0 Å². The van der Waals surface area contributed by atoms with Gasteiger partial charge in [0.15, 0.2) is 5.16 Å². The lowest BCUT2D eigenvalue weighted by atomic mass is 10.3. The van der Waals surface area contributed by atoms with Gasteiger partial charge in [-0.3, -0.25) is 4.79 Å². The SMILES string of the molecule is O=C(CSc1nc2ccccc2[nH]1)NN=Cc1cccs1. The molecule has 0 radical (unpaired) electrons. The molecule has 5 nitrogen and oxygen atoms in total. The van der Waals surface area contributed by atoms with Gasteiger partial charge in [0, 0.05) is 4.88 Å². The molecule has 0 aliphatic heterocycles. The van der Waals surface area contributed by atoms with E-state index >= 15 is 0 Å². The van der Waals surface area contributed by atoms with Crippen LogP contribution in [-0.2, 0) is 4.79 Å². The second-order valence-corrected chi connectivity index (χ2v) is 6.10. The zero-order valence-electron chi connectivity index (χ0n) is 10.9. The minimum atomic E-state index is -0.159. The van der Waals surface area contributed by atoms with Crippen molar-refractivity contribution >= 4 is 46.3 Å². The van der Waals surface area contributed by atoms with Crippen LogP contribution in [0, 0.1) is 0 Å². The average molecular weight is 316 g/mol. The molecule has 0 saturated carbocycles. The Morgan fingerprint density at radius 1 is 1.38 bits per heavy atom. The number of hydrazone groups is 1. The topological polar surface area (TPSA) is 70.1 Å². The van der Waals surface area contributed by atoms with Crippen molar-refractivity contribution in [1.29, 1.82) is 0 Å². The van der Waals surface area contributed by atoms with Crippen molar-refractivity contribution < 1.29 is 4.79 Å². The number of thiophene rings is 1. The number of imidazole rings is 1. The first-order valence-electron chi connectivity index (χ1n) is 6.24. The van der Waals surface area contributed by atoms with Crippen LogP contribution in [0.1, 0.15) is 4.88 Å². The highest BCUT2D eigenvalue weighted by molar-refractivity contribution is 7.99. The normalized spacial score (nSPS) is 11.2. The number of hydrogen-bond donors (Lipinski definition) is 2. The van der Waals surface area contributed by atoms with Gasteiger partial charge in [-0.25, -0.2) is 10.4 Å². The number of aromatic amines is 1. The molecular formula is C14H12N4OS2. The molecule has 0 saturated heterocycles. The first-order chi connectivity index (χ1) is 10.3. The Labute approximate surface area is 129 Å². The number of amides is 1. The summed E-state index contributed by atoms with van der Waals surface area (Å²) < 4.78 is 0. The van der Waals surface area contributed by atoms with E-state index in [1.807, 2.05) is 41.8 Å². The fraction of sp³-hybridized carbons (Fsp3) is 0.0714. The average Bonchev–Trinajstić information content (AvgIpc) is 3.13. The molecule has 2 aromatic heterocycles. The monoisotopic (exact) mass is 316 g/mol. The predicted molar refractivity (Wildman–Crippen MR) is 86.9 cm³/mol. The van der Waals surface area contributed by atoms with Crippen molar-refractivity contribution in [3.8, 4) is 0 Å². The molecule has 106 valence electrons. The summed E-state index contributed by atoms with van der Waals surface area (Å²) in [4.78, 5) is 20.2. The number of para-hydroxylation sites is 2. The molecule has 0 aliphatic carbocycles. The number of benzene rings is 1. The summed E-state index contributed by atoms with van der Waals surface area (Å²) in [6.07, 6.45) is 1.63. The summed E-state index contributed by atoms with van der Waals surface area (Å²) >= 11 is 2.92. The minimum Gasteiger partial charge on any atom is -0.333 e. The van der Waals surface area contributed by atoms with Crippen LogP contribution in [0.2, 0.25) is 0 Å². The fourth-order valence-electron chi connectivity index (χ4n) is 1.70. The molecule has 0 aliphatic rings. The summed E-state index contributed by atoms with van der Waals surface area (Å²) in [6.45, 7) is 0.